The number of nitrogens with zero attached hydrogens (tertiary/aromatic N) is 2. The maximum Gasteiger partial charge on any atom is 0.327 e. The van der Waals surface area contributed by atoms with E-state index in [0.717, 1.165) is 12.8 Å². The van der Waals surface area contributed by atoms with Crippen LogP contribution in [0.2, 0.25) is 0 Å². The van der Waals surface area contributed by atoms with Crippen LogP contribution in [0.1, 0.15) is 26.7 Å². The molecule has 0 aromatic rings. The Hall–Kier alpha value is -0.910. The second-order valence-corrected chi connectivity index (χ2v) is 5.09. The SMILES string of the molecule is CCCN(CCC)C(=O)N1CSCC1C(=O)O. The van der Waals surface area contributed by atoms with E-state index in [0.29, 0.717) is 24.7 Å². The van der Waals surface area contributed by atoms with E-state index in [9.17, 15) is 9.59 Å². The molecule has 1 aliphatic rings. The molecule has 0 radical (unpaired) electrons. The fourth-order valence-electron chi connectivity index (χ4n) is 1.86. The smallest absolute Gasteiger partial charge is 0.327 e. The molecular weight excluding hydrogens is 240 g/mol. The van der Waals surface area contributed by atoms with Gasteiger partial charge in [-0.05, 0) is 12.8 Å². The number of urea groups is 1. The van der Waals surface area contributed by atoms with Gasteiger partial charge >= 0.3 is 12.0 Å². The third kappa shape index (κ3) is 3.52. The van der Waals surface area contributed by atoms with Gasteiger partial charge in [0.15, 0.2) is 0 Å². The summed E-state index contributed by atoms with van der Waals surface area (Å²) in [6, 6.07) is -0.796. The topological polar surface area (TPSA) is 60.9 Å². The number of thioether (sulfide) groups is 1. The molecule has 98 valence electrons. The molecule has 0 saturated carbocycles. The van der Waals surface area contributed by atoms with E-state index in [1.807, 2.05) is 13.8 Å². The van der Waals surface area contributed by atoms with Gasteiger partial charge in [0.25, 0.3) is 0 Å². The van der Waals surface area contributed by atoms with E-state index in [4.69, 9.17) is 5.11 Å². The highest BCUT2D eigenvalue weighted by Crippen LogP contribution is 2.22. The Kier molecular flexibility index (Phi) is 5.61. The van der Waals surface area contributed by atoms with Gasteiger partial charge in [0, 0.05) is 18.8 Å². The Balaban J connectivity index is 2.68. The van der Waals surface area contributed by atoms with Crippen LogP contribution in [0.3, 0.4) is 0 Å². The molecule has 1 heterocycles. The Labute approximate surface area is 106 Å². The molecule has 1 saturated heterocycles. The number of carbonyl (C=O) groups is 2. The van der Waals surface area contributed by atoms with Crippen molar-refractivity contribution in [1.29, 1.82) is 0 Å². The van der Waals surface area contributed by atoms with Gasteiger partial charge in [-0.1, -0.05) is 13.8 Å². The highest BCUT2D eigenvalue weighted by molar-refractivity contribution is 7.99. The highest BCUT2D eigenvalue weighted by Gasteiger charge is 2.36. The minimum absolute atomic E-state index is 0.133. The van der Waals surface area contributed by atoms with Crippen LogP contribution < -0.4 is 0 Å². The molecular formula is C11H20N2O3S. The van der Waals surface area contributed by atoms with Crippen molar-refractivity contribution >= 4 is 23.8 Å². The van der Waals surface area contributed by atoms with Crippen molar-refractivity contribution in [2.24, 2.45) is 0 Å². The number of aliphatic carboxylic acids is 1. The number of rotatable bonds is 5. The Bertz CT molecular complexity index is 280. The van der Waals surface area contributed by atoms with Crippen LogP contribution in [0.5, 0.6) is 0 Å². The molecule has 1 aliphatic heterocycles. The molecule has 2 amide bonds. The molecule has 6 heteroatoms. The van der Waals surface area contributed by atoms with Crippen molar-refractivity contribution in [2.45, 2.75) is 32.7 Å². The first kappa shape index (κ1) is 14.2. The zero-order valence-corrected chi connectivity index (χ0v) is 11.2. The first-order valence-corrected chi connectivity index (χ1v) is 7.13. The zero-order chi connectivity index (χ0) is 12.8. The molecule has 1 atom stereocenters. The van der Waals surface area contributed by atoms with Gasteiger partial charge in [0.2, 0.25) is 0 Å². The third-order valence-corrected chi connectivity index (χ3v) is 3.68. The summed E-state index contributed by atoms with van der Waals surface area (Å²) in [6.45, 7) is 5.42. The second-order valence-electron chi connectivity index (χ2n) is 4.09. The molecule has 0 aromatic carbocycles. The monoisotopic (exact) mass is 260 g/mol. The summed E-state index contributed by atoms with van der Waals surface area (Å²) in [5, 5.41) is 9.05. The molecule has 0 spiro atoms. The molecule has 1 rings (SSSR count). The van der Waals surface area contributed by atoms with E-state index >= 15 is 0 Å². The lowest BCUT2D eigenvalue weighted by atomic mass is 10.3. The fraction of sp³-hybridized carbons (Fsp3) is 0.818. The van der Waals surface area contributed by atoms with Gasteiger partial charge in [-0.3, -0.25) is 0 Å². The summed E-state index contributed by atoms with van der Waals surface area (Å²) in [5.74, 6) is 0.0729. The minimum Gasteiger partial charge on any atom is -0.480 e. The standard InChI is InChI=1S/C11H20N2O3S/c1-3-5-12(6-4-2)11(16)13-8-17-7-9(13)10(14)15/h9H,3-8H2,1-2H3,(H,14,15). The minimum atomic E-state index is -0.906. The number of hydrogen-bond donors (Lipinski definition) is 1. The maximum absolute atomic E-state index is 12.2. The predicted octanol–water partition coefficient (Wildman–Crippen LogP) is 1.69. The average molecular weight is 260 g/mol. The summed E-state index contributed by atoms with van der Waals surface area (Å²) < 4.78 is 0. The maximum atomic E-state index is 12.2. The molecule has 1 fully saturated rings. The Morgan fingerprint density at radius 3 is 2.41 bits per heavy atom. The van der Waals surface area contributed by atoms with Gasteiger partial charge in [-0.15, -0.1) is 11.8 Å². The van der Waals surface area contributed by atoms with Crippen molar-refractivity contribution in [2.75, 3.05) is 24.7 Å². The van der Waals surface area contributed by atoms with Crippen molar-refractivity contribution in [3.63, 3.8) is 0 Å². The van der Waals surface area contributed by atoms with Crippen LogP contribution in [0.15, 0.2) is 0 Å². The lowest BCUT2D eigenvalue weighted by Gasteiger charge is -2.29. The average Bonchev–Trinajstić information content (AvgIpc) is 2.76. The Morgan fingerprint density at radius 1 is 1.35 bits per heavy atom. The van der Waals surface area contributed by atoms with Crippen LogP contribution in [0, 0.1) is 0 Å². The second kappa shape index (κ2) is 6.74. The van der Waals surface area contributed by atoms with Crippen LogP contribution in [-0.2, 0) is 4.79 Å². The van der Waals surface area contributed by atoms with Crippen LogP contribution in [-0.4, -0.2) is 57.7 Å². The number of carbonyl (C=O) groups excluding carboxylic acids is 1. The first-order chi connectivity index (χ1) is 8.11. The van der Waals surface area contributed by atoms with Gasteiger partial charge in [-0.25, -0.2) is 9.59 Å². The van der Waals surface area contributed by atoms with Gasteiger partial charge in [0.05, 0.1) is 5.88 Å². The summed E-state index contributed by atoms with van der Waals surface area (Å²) in [6.07, 6.45) is 1.79. The summed E-state index contributed by atoms with van der Waals surface area (Å²) in [4.78, 5) is 26.5. The van der Waals surface area contributed by atoms with E-state index < -0.39 is 12.0 Å². The van der Waals surface area contributed by atoms with Crippen LogP contribution in [0.25, 0.3) is 0 Å². The lowest BCUT2D eigenvalue weighted by molar-refractivity contribution is -0.140. The van der Waals surface area contributed by atoms with Crippen LogP contribution in [0.4, 0.5) is 4.79 Å². The fourth-order valence-corrected chi connectivity index (χ4v) is 3.00. The molecule has 0 bridgehead atoms. The highest BCUT2D eigenvalue weighted by atomic mass is 32.2. The van der Waals surface area contributed by atoms with E-state index in [-0.39, 0.29) is 6.03 Å². The summed E-state index contributed by atoms with van der Waals surface area (Å²) >= 11 is 1.50. The van der Waals surface area contributed by atoms with Crippen molar-refractivity contribution in [3.05, 3.63) is 0 Å². The molecule has 17 heavy (non-hydrogen) atoms. The lowest BCUT2D eigenvalue weighted by Crippen LogP contribution is -2.49. The van der Waals surface area contributed by atoms with Crippen LogP contribution >= 0.6 is 11.8 Å². The van der Waals surface area contributed by atoms with E-state index in [2.05, 4.69) is 0 Å². The summed E-state index contributed by atoms with van der Waals surface area (Å²) in [7, 11) is 0. The predicted molar refractivity (Wildman–Crippen MR) is 68.1 cm³/mol. The van der Waals surface area contributed by atoms with E-state index in [1.165, 1.54) is 16.7 Å². The molecule has 0 aromatic heterocycles. The molecule has 5 nitrogen and oxygen atoms in total. The molecule has 0 aliphatic carbocycles. The Morgan fingerprint density at radius 2 is 1.94 bits per heavy atom. The normalized spacial score (nSPS) is 19.4. The quantitative estimate of drug-likeness (QED) is 0.817. The summed E-state index contributed by atoms with van der Waals surface area (Å²) in [5.41, 5.74) is 0. The molecule has 1 N–H and O–H groups in total. The number of hydrogen-bond acceptors (Lipinski definition) is 3. The van der Waals surface area contributed by atoms with Crippen molar-refractivity contribution < 1.29 is 14.7 Å². The zero-order valence-electron chi connectivity index (χ0n) is 10.4. The van der Waals surface area contributed by atoms with Crippen molar-refractivity contribution in [1.82, 2.24) is 9.80 Å². The number of amides is 2. The largest absolute Gasteiger partial charge is 0.480 e. The first-order valence-electron chi connectivity index (χ1n) is 5.97. The van der Waals surface area contributed by atoms with Crippen molar-refractivity contribution in [3.8, 4) is 0 Å². The van der Waals surface area contributed by atoms with Gasteiger partial charge in [-0.2, -0.15) is 0 Å². The van der Waals surface area contributed by atoms with E-state index in [1.54, 1.807) is 4.90 Å². The molecule has 1 unspecified atom stereocenters. The third-order valence-electron chi connectivity index (χ3n) is 2.67. The van der Waals surface area contributed by atoms with Gasteiger partial charge in [0.1, 0.15) is 6.04 Å². The number of carboxylic acids is 1. The van der Waals surface area contributed by atoms with Gasteiger partial charge < -0.3 is 14.9 Å². The number of carboxylic acid groups (broad SMARTS) is 1.